The Morgan fingerprint density at radius 2 is 2.04 bits per heavy atom. The monoisotopic (exact) mass is 424 g/mol. The highest BCUT2D eigenvalue weighted by molar-refractivity contribution is 7.91. The number of nitrogens with one attached hydrogen (secondary N) is 1. The first-order valence-electron chi connectivity index (χ1n) is 9.48. The average molecular weight is 425 g/mol. The van der Waals surface area contributed by atoms with Crippen LogP contribution in [0.15, 0.2) is 16.3 Å². The highest BCUT2D eigenvalue weighted by Gasteiger charge is 2.34. The van der Waals surface area contributed by atoms with E-state index in [1.807, 2.05) is 45.5 Å². The van der Waals surface area contributed by atoms with Crippen molar-refractivity contribution in [1.29, 1.82) is 0 Å². The lowest BCUT2D eigenvalue weighted by molar-refractivity contribution is -0.126. The van der Waals surface area contributed by atoms with E-state index >= 15 is 0 Å². The van der Waals surface area contributed by atoms with Gasteiger partial charge < -0.3 is 5.32 Å². The summed E-state index contributed by atoms with van der Waals surface area (Å²) in [5.41, 5.74) is 2.94. The molecular weight excluding hydrogens is 396 g/mol. The second-order valence-corrected chi connectivity index (χ2v) is 11.0. The Morgan fingerprint density at radius 1 is 1.32 bits per heavy atom. The van der Waals surface area contributed by atoms with Gasteiger partial charge in [0.05, 0.1) is 17.7 Å². The largest absolute Gasteiger partial charge is 0.349 e. The van der Waals surface area contributed by atoms with E-state index in [0.717, 1.165) is 21.8 Å². The Kier molecular flexibility index (Phi) is 5.97. The van der Waals surface area contributed by atoms with Crippen molar-refractivity contribution in [2.75, 3.05) is 13.1 Å². The van der Waals surface area contributed by atoms with Crippen molar-refractivity contribution in [1.82, 2.24) is 19.4 Å². The van der Waals surface area contributed by atoms with E-state index in [1.165, 1.54) is 15.6 Å². The molecule has 2 unspecified atom stereocenters. The summed E-state index contributed by atoms with van der Waals surface area (Å²) < 4.78 is 29.4. The topological polar surface area (TPSA) is 84.3 Å². The fraction of sp³-hybridized carbons (Fsp3) is 0.579. The lowest BCUT2D eigenvalue weighted by atomic mass is 9.97. The van der Waals surface area contributed by atoms with Crippen molar-refractivity contribution in [3.8, 4) is 0 Å². The quantitative estimate of drug-likeness (QED) is 0.800. The number of sulfonamides is 1. The number of amides is 1. The van der Waals surface area contributed by atoms with Gasteiger partial charge in [0.15, 0.2) is 0 Å². The molecule has 2 aromatic rings. The third-order valence-electron chi connectivity index (χ3n) is 5.42. The van der Waals surface area contributed by atoms with E-state index in [-0.39, 0.29) is 24.4 Å². The highest BCUT2D eigenvalue weighted by Crippen LogP contribution is 2.29. The van der Waals surface area contributed by atoms with E-state index in [4.69, 9.17) is 0 Å². The molecule has 0 aromatic carbocycles. The Bertz CT molecular complexity index is 977. The van der Waals surface area contributed by atoms with Crippen molar-refractivity contribution < 1.29 is 13.2 Å². The zero-order valence-electron chi connectivity index (χ0n) is 17.0. The van der Waals surface area contributed by atoms with Gasteiger partial charge in [0.25, 0.3) is 10.0 Å². The fourth-order valence-corrected chi connectivity index (χ4v) is 6.83. The number of rotatable bonds is 5. The van der Waals surface area contributed by atoms with E-state index in [1.54, 1.807) is 6.07 Å². The van der Waals surface area contributed by atoms with Gasteiger partial charge in [-0.2, -0.15) is 9.40 Å². The van der Waals surface area contributed by atoms with Gasteiger partial charge in [-0.15, -0.1) is 11.3 Å². The summed E-state index contributed by atoms with van der Waals surface area (Å²) in [5, 5.41) is 7.48. The Morgan fingerprint density at radius 3 is 2.61 bits per heavy atom. The zero-order chi connectivity index (χ0) is 20.6. The van der Waals surface area contributed by atoms with Crippen molar-refractivity contribution in [2.45, 2.75) is 50.8 Å². The Labute approximate surface area is 170 Å². The summed E-state index contributed by atoms with van der Waals surface area (Å²) in [5.74, 6) is -0.443. The summed E-state index contributed by atoms with van der Waals surface area (Å²) in [7, 11) is -1.65. The second-order valence-electron chi connectivity index (χ2n) is 7.51. The van der Waals surface area contributed by atoms with Crippen molar-refractivity contribution >= 4 is 27.3 Å². The summed E-state index contributed by atoms with van der Waals surface area (Å²) in [6.45, 7) is 8.43. The van der Waals surface area contributed by atoms with Crippen LogP contribution >= 0.6 is 11.3 Å². The standard InChI is InChI=1S/C19H28N4O3S2/c1-12-8-9-17(27-12)28(25,26)23-10-6-7-16(11-23)19(24)20-13(2)18-14(3)21-22(5)15(18)4/h8-9,13,16H,6-7,10-11H2,1-5H3,(H,20,24). The average Bonchev–Trinajstić information content (AvgIpc) is 3.18. The zero-order valence-corrected chi connectivity index (χ0v) is 18.7. The smallest absolute Gasteiger partial charge is 0.252 e. The van der Waals surface area contributed by atoms with Gasteiger partial charge >= 0.3 is 0 Å². The maximum atomic E-state index is 12.9. The second kappa shape index (κ2) is 7.96. The first kappa shape index (κ1) is 21.0. The van der Waals surface area contributed by atoms with Crippen LogP contribution in [0.3, 0.4) is 0 Å². The third kappa shape index (κ3) is 4.01. The molecule has 0 saturated carbocycles. The van der Waals surface area contributed by atoms with Gasteiger partial charge in [0.2, 0.25) is 5.91 Å². The van der Waals surface area contributed by atoms with Gasteiger partial charge in [0, 0.05) is 36.3 Å². The van der Waals surface area contributed by atoms with Crippen LogP contribution in [0, 0.1) is 26.7 Å². The van der Waals surface area contributed by atoms with Crippen molar-refractivity contribution in [3.63, 3.8) is 0 Å². The Hall–Kier alpha value is -1.71. The lowest BCUT2D eigenvalue weighted by Crippen LogP contribution is -2.45. The van der Waals surface area contributed by atoms with Gasteiger partial charge in [-0.3, -0.25) is 9.48 Å². The number of hydrogen-bond acceptors (Lipinski definition) is 5. The third-order valence-corrected chi connectivity index (χ3v) is 8.75. The van der Waals surface area contributed by atoms with Crippen LogP contribution in [0.4, 0.5) is 0 Å². The number of piperidine rings is 1. The summed E-state index contributed by atoms with van der Waals surface area (Å²) in [6.07, 6.45) is 1.38. The molecule has 0 spiro atoms. The molecule has 3 rings (SSSR count). The summed E-state index contributed by atoms with van der Waals surface area (Å²) in [4.78, 5) is 13.8. The number of thiophene rings is 1. The van der Waals surface area contributed by atoms with Crippen molar-refractivity contribution in [3.05, 3.63) is 34.0 Å². The molecule has 154 valence electrons. The highest BCUT2D eigenvalue weighted by atomic mass is 32.2. The minimum Gasteiger partial charge on any atom is -0.349 e. The first-order chi connectivity index (χ1) is 13.1. The van der Waals surface area contributed by atoms with Crippen LogP contribution in [-0.2, 0) is 21.9 Å². The SMILES string of the molecule is Cc1ccc(S(=O)(=O)N2CCCC(C(=O)NC(C)c3c(C)nn(C)c3C)C2)s1. The molecule has 0 radical (unpaired) electrons. The predicted octanol–water partition coefficient (Wildman–Crippen LogP) is 2.68. The molecule has 1 fully saturated rings. The van der Waals surface area contributed by atoms with Crippen LogP contribution in [0.1, 0.15) is 47.6 Å². The van der Waals surface area contributed by atoms with Crippen LogP contribution < -0.4 is 5.32 Å². The molecule has 1 saturated heterocycles. The minimum atomic E-state index is -3.54. The van der Waals surface area contributed by atoms with Crippen LogP contribution in [0.25, 0.3) is 0 Å². The molecule has 28 heavy (non-hydrogen) atoms. The molecule has 0 bridgehead atoms. The van der Waals surface area contributed by atoms with Gasteiger partial charge in [0.1, 0.15) is 4.21 Å². The van der Waals surface area contributed by atoms with E-state index in [2.05, 4.69) is 10.4 Å². The van der Waals surface area contributed by atoms with Crippen LogP contribution in [-0.4, -0.2) is 41.5 Å². The van der Waals surface area contributed by atoms with E-state index in [0.29, 0.717) is 23.6 Å². The summed E-state index contributed by atoms with van der Waals surface area (Å²) >= 11 is 1.27. The lowest BCUT2D eigenvalue weighted by Gasteiger charge is -2.31. The molecule has 2 atom stereocenters. The molecular formula is C19H28N4O3S2. The maximum absolute atomic E-state index is 12.9. The number of hydrogen-bond donors (Lipinski definition) is 1. The minimum absolute atomic E-state index is 0.0996. The molecule has 3 heterocycles. The first-order valence-corrected chi connectivity index (χ1v) is 11.7. The number of aryl methyl sites for hydroxylation is 3. The summed E-state index contributed by atoms with van der Waals surface area (Å²) in [6, 6.07) is 3.29. The van der Waals surface area contributed by atoms with Crippen LogP contribution in [0.5, 0.6) is 0 Å². The molecule has 9 heteroatoms. The molecule has 1 N–H and O–H groups in total. The van der Waals surface area contributed by atoms with Gasteiger partial charge in [-0.05, 0) is 52.7 Å². The molecule has 1 amide bonds. The predicted molar refractivity (Wildman–Crippen MR) is 110 cm³/mol. The van der Waals surface area contributed by atoms with Crippen molar-refractivity contribution in [2.24, 2.45) is 13.0 Å². The van der Waals surface area contributed by atoms with Gasteiger partial charge in [-0.25, -0.2) is 8.42 Å². The fourth-order valence-electron chi connectivity index (χ4n) is 3.87. The molecule has 1 aliphatic heterocycles. The number of aromatic nitrogens is 2. The number of carbonyl (C=O) groups is 1. The van der Waals surface area contributed by atoms with E-state index < -0.39 is 10.0 Å². The van der Waals surface area contributed by atoms with Gasteiger partial charge in [-0.1, -0.05) is 0 Å². The number of carbonyl (C=O) groups excluding carboxylic acids is 1. The maximum Gasteiger partial charge on any atom is 0.252 e. The normalized spacial score (nSPS) is 19.5. The van der Waals surface area contributed by atoms with Crippen LogP contribution in [0.2, 0.25) is 0 Å². The number of nitrogens with zero attached hydrogens (tertiary/aromatic N) is 3. The molecule has 0 aliphatic carbocycles. The molecule has 7 nitrogen and oxygen atoms in total. The molecule has 2 aromatic heterocycles. The Balaban J connectivity index is 1.71. The van der Waals surface area contributed by atoms with E-state index in [9.17, 15) is 13.2 Å². The molecule has 1 aliphatic rings.